The van der Waals surface area contributed by atoms with Crippen LogP contribution in [0.5, 0.6) is 0 Å². The van der Waals surface area contributed by atoms with Crippen LogP contribution in [0, 0.1) is 16.0 Å². The number of hydrogen-bond donors (Lipinski definition) is 3. The number of nitro groups is 1. The van der Waals surface area contributed by atoms with Crippen LogP contribution in [0.4, 0.5) is 17.1 Å². The first-order valence-corrected chi connectivity index (χ1v) is 6.95. The third kappa shape index (κ3) is 4.34. The van der Waals surface area contributed by atoms with Crippen molar-refractivity contribution < 1.29 is 9.72 Å². The van der Waals surface area contributed by atoms with Crippen molar-refractivity contribution in [1.82, 2.24) is 0 Å². The molecule has 0 saturated heterocycles. The van der Waals surface area contributed by atoms with Gasteiger partial charge in [-0.15, -0.1) is 0 Å². The van der Waals surface area contributed by atoms with E-state index in [-0.39, 0.29) is 11.6 Å². The quantitative estimate of drug-likeness (QED) is 0.503. The summed E-state index contributed by atoms with van der Waals surface area (Å²) in [4.78, 5) is 22.3. The van der Waals surface area contributed by atoms with Crippen molar-refractivity contribution in [3.8, 4) is 0 Å². The number of nitro benzene ring substituents is 1. The summed E-state index contributed by atoms with van der Waals surface area (Å²) >= 11 is 0. The highest BCUT2D eigenvalue weighted by atomic mass is 16.6. The Labute approximate surface area is 124 Å². The van der Waals surface area contributed by atoms with Crippen LogP contribution < -0.4 is 16.4 Å². The number of amides is 1. The fraction of sp³-hybridized carbons (Fsp3) is 0.500. The second-order valence-corrected chi connectivity index (χ2v) is 5.15. The molecule has 0 bridgehead atoms. The molecule has 1 aromatic rings. The highest BCUT2D eigenvalue weighted by Gasteiger charge is 2.25. The molecule has 116 valence electrons. The summed E-state index contributed by atoms with van der Waals surface area (Å²) < 4.78 is 0. The molecule has 0 aliphatic rings. The van der Waals surface area contributed by atoms with Crippen LogP contribution in [-0.2, 0) is 4.79 Å². The van der Waals surface area contributed by atoms with Gasteiger partial charge in [0, 0.05) is 6.54 Å². The van der Waals surface area contributed by atoms with E-state index >= 15 is 0 Å². The van der Waals surface area contributed by atoms with E-state index in [0.717, 1.165) is 6.42 Å². The van der Waals surface area contributed by atoms with Crippen LogP contribution in [0.25, 0.3) is 0 Å². The Morgan fingerprint density at radius 2 is 2.00 bits per heavy atom. The summed E-state index contributed by atoms with van der Waals surface area (Å²) in [6.07, 6.45) is 0.852. The third-order valence-electron chi connectivity index (χ3n) is 3.07. The molecule has 21 heavy (non-hydrogen) atoms. The van der Waals surface area contributed by atoms with Crippen molar-refractivity contribution in [2.45, 2.75) is 33.2 Å². The number of nitrogens with two attached hydrogens (primary N) is 1. The van der Waals surface area contributed by atoms with E-state index in [1.165, 1.54) is 0 Å². The molecular weight excluding hydrogens is 272 g/mol. The molecule has 0 radical (unpaired) electrons. The van der Waals surface area contributed by atoms with Gasteiger partial charge >= 0.3 is 5.69 Å². The molecule has 0 aliphatic carbocycles. The summed E-state index contributed by atoms with van der Waals surface area (Å²) in [6, 6.07) is 4.26. The first-order valence-electron chi connectivity index (χ1n) is 6.95. The van der Waals surface area contributed by atoms with Gasteiger partial charge < -0.3 is 16.4 Å². The van der Waals surface area contributed by atoms with E-state index in [0.29, 0.717) is 17.9 Å². The fourth-order valence-electron chi connectivity index (χ4n) is 1.99. The van der Waals surface area contributed by atoms with Crippen LogP contribution in [0.1, 0.15) is 27.2 Å². The minimum absolute atomic E-state index is 0.0714. The van der Waals surface area contributed by atoms with Gasteiger partial charge in [0.1, 0.15) is 17.4 Å². The summed E-state index contributed by atoms with van der Waals surface area (Å²) in [6.45, 7) is 6.26. The van der Waals surface area contributed by atoms with Crippen molar-refractivity contribution in [3.05, 3.63) is 28.3 Å². The summed E-state index contributed by atoms with van der Waals surface area (Å²) in [7, 11) is 0. The summed E-state index contributed by atoms with van der Waals surface area (Å²) in [5.41, 5.74) is 5.99. The normalized spacial score (nSPS) is 12.0. The van der Waals surface area contributed by atoms with E-state index in [1.54, 1.807) is 18.2 Å². The molecule has 0 heterocycles. The summed E-state index contributed by atoms with van der Waals surface area (Å²) in [5.74, 6) is -0.611. The highest BCUT2D eigenvalue weighted by molar-refractivity contribution is 5.86. The Bertz CT molecular complexity index is 517. The number of primary amides is 1. The first kappa shape index (κ1) is 16.7. The van der Waals surface area contributed by atoms with Crippen LogP contribution >= 0.6 is 0 Å². The molecule has 1 atom stereocenters. The lowest BCUT2D eigenvalue weighted by molar-refractivity contribution is -0.383. The minimum atomic E-state index is -0.662. The zero-order valence-corrected chi connectivity index (χ0v) is 12.6. The van der Waals surface area contributed by atoms with Crippen molar-refractivity contribution in [3.63, 3.8) is 0 Å². The van der Waals surface area contributed by atoms with Gasteiger partial charge in [0.05, 0.1) is 4.92 Å². The van der Waals surface area contributed by atoms with Gasteiger partial charge in [-0.2, -0.15) is 0 Å². The monoisotopic (exact) mass is 294 g/mol. The number of rotatable bonds is 8. The van der Waals surface area contributed by atoms with E-state index in [4.69, 9.17) is 5.73 Å². The van der Waals surface area contributed by atoms with Gasteiger partial charge in [-0.1, -0.05) is 26.8 Å². The zero-order chi connectivity index (χ0) is 16.0. The SMILES string of the molecule is CCCNc1cccc(NC(C(N)=O)C(C)C)c1[N+](=O)[O-]. The van der Waals surface area contributed by atoms with Crippen molar-refractivity contribution >= 4 is 23.0 Å². The average Bonchev–Trinajstić information content (AvgIpc) is 2.41. The minimum Gasteiger partial charge on any atom is -0.379 e. The average molecular weight is 294 g/mol. The van der Waals surface area contributed by atoms with Gasteiger partial charge in [-0.25, -0.2) is 0 Å². The van der Waals surface area contributed by atoms with E-state index < -0.39 is 16.9 Å². The molecule has 7 nitrogen and oxygen atoms in total. The fourth-order valence-corrected chi connectivity index (χ4v) is 1.99. The van der Waals surface area contributed by atoms with Gasteiger partial charge in [0.15, 0.2) is 0 Å². The van der Waals surface area contributed by atoms with Gasteiger partial charge in [-0.3, -0.25) is 14.9 Å². The Morgan fingerprint density at radius 3 is 2.48 bits per heavy atom. The second kappa shape index (κ2) is 7.47. The third-order valence-corrected chi connectivity index (χ3v) is 3.07. The van der Waals surface area contributed by atoms with Crippen molar-refractivity contribution in [1.29, 1.82) is 0 Å². The lowest BCUT2D eigenvalue weighted by Gasteiger charge is -2.20. The number of benzene rings is 1. The number of carbonyl (C=O) groups is 1. The lowest BCUT2D eigenvalue weighted by atomic mass is 10.0. The Morgan fingerprint density at radius 1 is 1.38 bits per heavy atom. The molecule has 1 unspecified atom stereocenters. The van der Waals surface area contributed by atoms with Gasteiger partial charge in [-0.05, 0) is 24.5 Å². The van der Waals surface area contributed by atoms with Crippen LogP contribution in [0.15, 0.2) is 18.2 Å². The van der Waals surface area contributed by atoms with Crippen LogP contribution in [0.3, 0.4) is 0 Å². The van der Waals surface area contributed by atoms with Crippen LogP contribution in [0.2, 0.25) is 0 Å². The number of nitrogens with zero attached hydrogens (tertiary/aromatic N) is 1. The van der Waals surface area contributed by atoms with Gasteiger partial charge in [0.2, 0.25) is 5.91 Å². The largest absolute Gasteiger partial charge is 0.379 e. The molecule has 0 spiro atoms. The lowest BCUT2D eigenvalue weighted by Crippen LogP contribution is -2.39. The number of para-hydroxylation sites is 1. The number of nitrogens with one attached hydrogen (secondary N) is 2. The maximum Gasteiger partial charge on any atom is 0.315 e. The number of hydrogen-bond acceptors (Lipinski definition) is 5. The molecule has 7 heteroatoms. The van der Waals surface area contributed by atoms with Crippen molar-refractivity contribution in [2.75, 3.05) is 17.2 Å². The first-order chi connectivity index (χ1) is 9.88. The van der Waals surface area contributed by atoms with E-state index in [2.05, 4.69) is 10.6 Å². The molecular formula is C14H22N4O3. The number of carbonyl (C=O) groups excluding carboxylic acids is 1. The topological polar surface area (TPSA) is 110 Å². The zero-order valence-electron chi connectivity index (χ0n) is 12.6. The predicted octanol–water partition coefficient (Wildman–Crippen LogP) is 2.34. The summed E-state index contributed by atoms with van der Waals surface area (Å²) in [5, 5.41) is 17.2. The molecule has 1 rings (SSSR count). The Hall–Kier alpha value is -2.31. The molecule has 4 N–H and O–H groups in total. The van der Waals surface area contributed by atoms with Crippen molar-refractivity contribution in [2.24, 2.45) is 11.7 Å². The maximum atomic E-state index is 11.5. The molecule has 0 fully saturated rings. The molecule has 0 aromatic heterocycles. The second-order valence-electron chi connectivity index (χ2n) is 5.15. The molecule has 1 aromatic carbocycles. The number of anilines is 2. The maximum absolute atomic E-state index is 11.5. The Kier molecular flexibility index (Phi) is 5.95. The highest BCUT2D eigenvalue weighted by Crippen LogP contribution is 2.33. The smallest absolute Gasteiger partial charge is 0.315 e. The van der Waals surface area contributed by atoms with E-state index in [1.807, 2.05) is 20.8 Å². The Balaban J connectivity index is 3.16. The molecule has 0 saturated carbocycles. The molecule has 0 aliphatic heterocycles. The molecule has 1 amide bonds. The van der Waals surface area contributed by atoms with Gasteiger partial charge in [0.25, 0.3) is 0 Å². The van der Waals surface area contributed by atoms with E-state index in [9.17, 15) is 14.9 Å². The van der Waals surface area contributed by atoms with Crippen LogP contribution in [-0.4, -0.2) is 23.4 Å². The standard InChI is InChI=1S/C14H22N4O3/c1-4-8-16-10-6-5-7-11(13(10)18(20)21)17-12(9(2)3)14(15)19/h5-7,9,12,16-17H,4,8H2,1-3H3,(H2,15,19). The predicted molar refractivity (Wildman–Crippen MR) is 83.3 cm³/mol.